The van der Waals surface area contributed by atoms with Gasteiger partial charge in [0.05, 0.1) is 12.3 Å². The van der Waals surface area contributed by atoms with E-state index >= 15 is 0 Å². The number of nitrogens with one attached hydrogen (secondary N) is 2. The molecular weight excluding hydrogens is 464 g/mol. The molecule has 3 N–H and O–H groups in total. The van der Waals surface area contributed by atoms with Crippen molar-refractivity contribution in [2.75, 3.05) is 0 Å². The van der Waals surface area contributed by atoms with Gasteiger partial charge in [0.2, 0.25) is 5.91 Å². The first kappa shape index (κ1) is 25.6. The summed E-state index contributed by atoms with van der Waals surface area (Å²) in [6.45, 7) is 6.62. The molecule has 1 heterocycles. The zero-order valence-corrected chi connectivity index (χ0v) is 21.3. The van der Waals surface area contributed by atoms with E-state index in [0.29, 0.717) is 17.3 Å². The van der Waals surface area contributed by atoms with Crippen molar-refractivity contribution in [3.63, 3.8) is 0 Å². The minimum atomic E-state index is -0.624. The van der Waals surface area contributed by atoms with Crippen molar-refractivity contribution in [1.29, 1.82) is 0 Å². The second kappa shape index (κ2) is 10.6. The molecule has 7 atom stereocenters. The molecule has 2 saturated carbocycles. The van der Waals surface area contributed by atoms with Gasteiger partial charge in [-0.15, -0.1) is 0 Å². The number of carbonyl (C=O) groups is 2. The fraction of sp³-hybridized carbons (Fsp3) is 0.556. The number of aromatic nitrogens is 2. The van der Waals surface area contributed by atoms with Crippen LogP contribution in [0.1, 0.15) is 62.5 Å². The van der Waals surface area contributed by atoms with Gasteiger partial charge in [-0.1, -0.05) is 50.6 Å². The van der Waals surface area contributed by atoms with E-state index in [9.17, 15) is 14.7 Å². The van der Waals surface area contributed by atoms with E-state index in [1.165, 1.54) is 18.6 Å². The van der Waals surface area contributed by atoms with Gasteiger partial charge in [0, 0.05) is 35.9 Å². The van der Waals surface area contributed by atoms with E-state index in [-0.39, 0.29) is 46.9 Å². The Bertz CT molecular complexity index is 1050. The Kier molecular flexibility index (Phi) is 7.77. The maximum absolute atomic E-state index is 13.0. The number of amides is 2. The van der Waals surface area contributed by atoms with Crippen molar-refractivity contribution in [1.82, 2.24) is 20.6 Å². The minimum absolute atomic E-state index is 0.0130. The summed E-state index contributed by atoms with van der Waals surface area (Å²) >= 11 is 6.23. The molecule has 4 rings (SSSR count). The second-order valence-electron chi connectivity index (χ2n) is 10.5. The molecule has 2 fully saturated rings. The fourth-order valence-electron chi connectivity index (χ4n) is 6.34. The fourth-order valence-corrected chi connectivity index (χ4v) is 6.54. The molecule has 0 aliphatic heterocycles. The number of benzene rings is 1. The van der Waals surface area contributed by atoms with E-state index in [1.54, 1.807) is 0 Å². The molecule has 188 valence electrons. The summed E-state index contributed by atoms with van der Waals surface area (Å²) in [5.74, 6) is -0.747. The summed E-state index contributed by atoms with van der Waals surface area (Å²) in [5, 5.41) is 18.3. The average molecular weight is 499 g/mol. The molecule has 1 unspecified atom stereocenters. The molecule has 0 bridgehead atoms. The highest BCUT2D eigenvalue weighted by Crippen LogP contribution is 2.55. The van der Waals surface area contributed by atoms with Crippen LogP contribution in [-0.4, -0.2) is 39.0 Å². The third-order valence-electron chi connectivity index (χ3n) is 8.47. The Morgan fingerprint density at radius 1 is 1.23 bits per heavy atom. The summed E-state index contributed by atoms with van der Waals surface area (Å²) in [5.41, 5.74) is 1.14. The molecule has 2 aromatic rings. The lowest BCUT2D eigenvalue weighted by Crippen LogP contribution is -2.58. The third-order valence-corrected chi connectivity index (χ3v) is 8.84. The molecule has 2 amide bonds. The third kappa shape index (κ3) is 5.36. The normalized spacial score (nSPS) is 31.2. The number of nitrogens with zero attached hydrogens (tertiary/aromatic N) is 2. The number of fused-ring (bicyclic) bond motifs is 1. The largest absolute Gasteiger partial charge is 0.392 e. The number of halogens is 1. The van der Waals surface area contributed by atoms with Crippen LogP contribution in [0.15, 0.2) is 42.9 Å². The Morgan fingerprint density at radius 2 is 1.97 bits per heavy atom. The molecule has 7 nitrogen and oxygen atoms in total. The lowest BCUT2D eigenvalue weighted by atomic mass is 9.51. The van der Waals surface area contributed by atoms with E-state index in [4.69, 9.17) is 11.6 Å². The molecule has 8 heteroatoms. The number of carbonyl (C=O) groups excluding carboxylic acids is 2. The summed E-state index contributed by atoms with van der Waals surface area (Å²) in [6, 6.07) is 7.39. The zero-order chi connectivity index (χ0) is 25.2. The number of aliphatic hydroxyl groups is 1. The number of hydrogen-bond acceptors (Lipinski definition) is 5. The topological polar surface area (TPSA) is 104 Å². The van der Waals surface area contributed by atoms with E-state index in [2.05, 4.69) is 34.4 Å². The van der Waals surface area contributed by atoms with Crippen LogP contribution in [0.2, 0.25) is 5.02 Å². The van der Waals surface area contributed by atoms with Crippen LogP contribution in [0.4, 0.5) is 0 Å². The van der Waals surface area contributed by atoms with Gasteiger partial charge >= 0.3 is 0 Å². The Morgan fingerprint density at radius 3 is 2.69 bits per heavy atom. The van der Waals surface area contributed by atoms with Crippen LogP contribution >= 0.6 is 11.6 Å². The van der Waals surface area contributed by atoms with Crippen LogP contribution in [0.25, 0.3) is 0 Å². The Balaban J connectivity index is 1.43. The van der Waals surface area contributed by atoms with Crippen LogP contribution in [-0.2, 0) is 11.3 Å². The van der Waals surface area contributed by atoms with E-state index in [1.807, 2.05) is 31.2 Å². The van der Waals surface area contributed by atoms with Crippen LogP contribution in [0.3, 0.4) is 0 Å². The van der Waals surface area contributed by atoms with Crippen LogP contribution in [0.5, 0.6) is 0 Å². The molecule has 0 spiro atoms. The maximum Gasteiger partial charge on any atom is 0.271 e. The molecule has 0 saturated heterocycles. The first-order valence-corrected chi connectivity index (χ1v) is 12.8. The highest BCUT2D eigenvalue weighted by atomic mass is 35.5. The molecule has 1 aromatic carbocycles. The molecule has 0 radical (unpaired) electrons. The van der Waals surface area contributed by atoms with Crippen molar-refractivity contribution < 1.29 is 14.7 Å². The zero-order valence-electron chi connectivity index (χ0n) is 20.6. The monoisotopic (exact) mass is 498 g/mol. The predicted molar refractivity (Wildman–Crippen MR) is 134 cm³/mol. The quantitative estimate of drug-likeness (QED) is 0.558. The van der Waals surface area contributed by atoms with Gasteiger partial charge in [-0.25, -0.2) is 4.98 Å². The molecule has 2 aliphatic rings. The van der Waals surface area contributed by atoms with Crippen molar-refractivity contribution >= 4 is 23.4 Å². The highest BCUT2D eigenvalue weighted by molar-refractivity contribution is 6.31. The summed E-state index contributed by atoms with van der Waals surface area (Å²) in [4.78, 5) is 33.8. The average Bonchev–Trinajstić information content (AvgIpc) is 2.85. The molecule has 1 aromatic heterocycles. The Labute approximate surface area is 212 Å². The summed E-state index contributed by atoms with van der Waals surface area (Å²) in [7, 11) is 0. The molecule has 35 heavy (non-hydrogen) atoms. The summed E-state index contributed by atoms with van der Waals surface area (Å²) < 4.78 is 0. The smallest absolute Gasteiger partial charge is 0.271 e. The highest BCUT2D eigenvalue weighted by Gasteiger charge is 2.53. The van der Waals surface area contributed by atoms with Gasteiger partial charge < -0.3 is 15.7 Å². The SMILES string of the molecule is C[C@H]1[C@@H]2[C@@H](O)C([C@H](C)C(=O)NCc3ccccc3Cl)CC[C@@]2(C)CC[C@@H]1NC(=O)c1cnccn1. The van der Waals surface area contributed by atoms with Gasteiger partial charge in [-0.3, -0.25) is 14.6 Å². The van der Waals surface area contributed by atoms with Gasteiger partial charge in [0.25, 0.3) is 5.91 Å². The first-order chi connectivity index (χ1) is 16.7. The number of hydrogen-bond donors (Lipinski definition) is 3. The van der Waals surface area contributed by atoms with Gasteiger partial charge in [0.1, 0.15) is 5.69 Å². The maximum atomic E-state index is 13.0. The van der Waals surface area contributed by atoms with Gasteiger partial charge in [-0.05, 0) is 60.5 Å². The number of aliphatic hydroxyl groups excluding tert-OH is 1. The molecular formula is C27H35ClN4O3. The first-order valence-electron chi connectivity index (χ1n) is 12.5. The molecule has 2 aliphatic carbocycles. The van der Waals surface area contributed by atoms with Gasteiger partial charge in [0.15, 0.2) is 0 Å². The van der Waals surface area contributed by atoms with Crippen LogP contribution < -0.4 is 10.6 Å². The van der Waals surface area contributed by atoms with Crippen molar-refractivity contribution in [3.05, 3.63) is 59.1 Å². The second-order valence-corrected chi connectivity index (χ2v) is 10.9. The standard InChI is InChI=1S/C27H35ClN4O3/c1-16(25(34)31-14-18-6-4-5-7-20(18)28)19-8-10-27(3)11-9-21(17(2)23(27)24(19)33)32-26(35)22-15-29-12-13-30-22/h4-7,12-13,15-17,19,21,23-24,33H,8-11,14H2,1-3H3,(H,31,34)(H,32,35)/t16-,17+,19?,21-,23+,24-,27-/m0/s1. The van der Waals surface area contributed by atoms with E-state index < -0.39 is 6.10 Å². The van der Waals surface area contributed by atoms with Crippen molar-refractivity contribution in [2.24, 2.45) is 29.1 Å². The Hall–Kier alpha value is -2.51. The van der Waals surface area contributed by atoms with Gasteiger partial charge in [-0.2, -0.15) is 0 Å². The number of rotatable bonds is 6. The lowest BCUT2D eigenvalue weighted by Gasteiger charge is -2.56. The lowest BCUT2D eigenvalue weighted by molar-refractivity contribution is -0.142. The summed E-state index contributed by atoms with van der Waals surface area (Å²) in [6.07, 6.45) is 7.41. The van der Waals surface area contributed by atoms with Crippen molar-refractivity contribution in [2.45, 2.75) is 65.1 Å². The van der Waals surface area contributed by atoms with Crippen molar-refractivity contribution in [3.8, 4) is 0 Å². The minimum Gasteiger partial charge on any atom is -0.392 e. The van der Waals surface area contributed by atoms with Crippen LogP contribution in [0, 0.1) is 29.1 Å². The predicted octanol–water partition coefficient (Wildman–Crippen LogP) is 4.00. The van der Waals surface area contributed by atoms with E-state index in [0.717, 1.165) is 31.2 Å².